The second-order valence-electron chi connectivity index (χ2n) is 8.22. The molecular formula is C27H23N3O5. The summed E-state index contributed by atoms with van der Waals surface area (Å²) < 4.78 is 15.6. The molecule has 35 heavy (non-hydrogen) atoms. The number of ether oxygens (including phenoxy) is 2. The van der Waals surface area contributed by atoms with E-state index in [1.807, 2.05) is 48.5 Å². The van der Waals surface area contributed by atoms with Crippen molar-refractivity contribution in [2.24, 2.45) is 0 Å². The number of para-hydroxylation sites is 1. The Bertz CT molecular complexity index is 1450. The highest BCUT2D eigenvalue weighted by molar-refractivity contribution is 6.08. The van der Waals surface area contributed by atoms with E-state index in [9.17, 15) is 9.59 Å². The summed E-state index contributed by atoms with van der Waals surface area (Å²) in [6.45, 7) is 1.28. The fourth-order valence-corrected chi connectivity index (χ4v) is 4.22. The zero-order valence-corrected chi connectivity index (χ0v) is 19.3. The number of fused-ring (bicyclic) bond motifs is 2. The van der Waals surface area contributed by atoms with Gasteiger partial charge in [0.2, 0.25) is 0 Å². The summed E-state index contributed by atoms with van der Waals surface area (Å²) in [5.41, 5.74) is 4.84. The Morgan fingerprint density at radius 1 is 1.11 bits per heavy atom. The molecule has 1 aliphatic carbocycles. The first-order chi connectivity index (χ1) is 17.0. The van der Waals surface area contributed by atoms with E-state index in [1.54, 1.807) is 20.1 Å². The predicted octanol–water partition coefficient (Wildman–Crippen LogP) is 4.82. The Labute approximate surface area is 201 Å². The van der Waals surface area contributed by atoms with E-state index in [2.05, 4.69) is 16.5 Å². The van der Waals surface area contributed by atoms with Crippen LogP contribution in [0.4, 0.5) is 5.82 Å². The summed E-state index contributed by atoms with van der Waals surface area (Å²) in [6.07, 6.45) is 3.48. The first kappa shape index (κ1) is 22.3. The lowest BCUT2D eigenvalue weighted by molar-refractivity contribution is -0.119. The van der Waals surface area contributed by atoms with Crippen LogP contribution in [0, 0.1) is 6.92 Å². The Kier molecular flexibility index (Phi) is 6.01. The van der Waals surface area contributed by atoms with E-state index >= 15 is 0 Å². The molecule has 5 rings (SSSR count). The fraction of sp³-hybridized carbons (Fsp3) is 0.185. The zero-order valence-electron chi connectivity index (χ0n) is 19.3. The van der Waals surface area contributed by atoms with Crippen LogP contribution < -0.4 is 10.1 Å². The average molecular weight is 469 g/mol. The van der Waals surface area contributed by atoms with Gasteiger partial charge >= 0.3 is 5.97 Å². The van der Waals surface area contributed by atoms with Crippen molar-refractivity contribution in [1.82, 2.24) is 10.1 Å². The Morgan fingerprint density at radius 3 is 2.66 bits per heavy atom. The molecule has 4 aromatic rings. The van der Waals surface area contributed by atoms with E-state index in [4.69, 9.17) is 19.0 Å². The maximum atomic E-state index is 13.2. The van der Waals surface area contributed by atoms with E-state index in [1.165, 1.54) is 0 Å². The molecule has 176 valence electrons. The molecule has 0 fully saturated rings. The zero-order chi connectivity index (χ0) is 24.4. The molecule has 1 aliphatic rings. The molecule has 0 saturated carbocycles. The number of hydrogen-bond donors (Lipinski definition) is 1. The van der Waals surface area contributed by atoms with Gasteiger partial charge in [0.25, 0.3) is 5.91 Å². The minimum atomic E-state index is -0.558. The third-order valence-corrected chi connectivity index (χ3v) is 5.83. The molecule has 1 amide bonds. The highest BCUT2D eigenvalue weighted by Crippen LogP contribution is 2.38. The second kappa shape index (κ2) is 9.42. The number of carbonyl (C=O) groups excluding carboxylic acids is 2. The summed E-state index contributed by atoms with van der Waals surface area (Å²) in [5.74, 6) is 0.566. The van der Waals surface area contributed by atoms with Gasteiger partial charge in [0.1, 0.15) is 11.5 Å². The third kappa shape index (κ3) is 4.63. The molecule has 2 heterocycles. The summed E-state index contributed by atoms with van der Waals surface area (Å²) in [6, 6.07) is 16.8. The van der Waals surface area contributed by atoms with E-state index in [0.717, 1.165) is 34.6 Å². The molecule has 8 nitrogen and oxygen atoms in total. The Morgan fingerprint density at radius 2 is 1.91 bits per heavy atom. The highest BCUT2D eigenvalue weighted by atomic mass is 16.5. The third-order valence-electron chi connectivity index (χ3n) is 5.83. The number of pyridine rings is 1. The summed E-state index contributed by atoms with van der Waals surface area (Å²) in [7, 11) is 1.63. The van der Waals surface area contributed by atoms with Gasteiger partial charge in [0.15, 0.2) is 12.4 Å². The van der Waals surface area contributed by atoms with E-state index < -0.39 is 18.5 Å². The number of carbonyl (C=O) groups is 2. The lowest BCUT2D eigenvalue weighted by Crippen LogP contribution is -2.22. The van der Waals surface area contributed by atoms with Crippen LogP contribution >= 0.6 is 0 Å². The van der Waals surface area contributed by atoms with Gasteiger partial charge in [0, 0.05) is 11.5 Å². The smallest absolute Gasteiger partial charge is 0.339 e. The van der Waals surface area contributed by atoms with Crippen molar-refractivity contribution < 1.29 is 23.6 Å². The number of benzene rings is 2. The van der Waals surface area contributed by atoms with Gasteiger partial charge in [-0.2, -0.15) is 0 Å². The molecule has 2 aromatic carbocycles. The summed E-state index contributed by atoms with van der Waals surface area (Å²) in [5, 5.41) is 6.97. The minimum absolute atomic E-state index is 0.270. The van der Waals surface area contributed by atoms with Gasteiger partial charge in [-0.05, 0) is 60.7 Å². The standard InChI is InChI=1S/C27H23N3O5/c1-16-13-23(30-35-16)29-24(31)15-34-27(32)25-20-5-3-4-6-22(20)28-26-18(9-12-21(25)26)14-17-7-10-19(33-2)11-8-17/h3-8,10-11,13-14H,9,12,15H2,1-2H3,(H,29,30,31)/b18-14+. The van der Waals surface area contributed by atoms with E-state index in [-0.39, 0.29) is 5.82 Å². The van der Waals surface area contributed by atoms with Crippen molar-refractivity contribution in [2.75, 3.05) is 19.0 Å². The number of aromatic nitrogens is 2. The van der Waals surface area contributed by atoms with Crippen molar-refractivity contribution in [1.29, 1.82) is 0 Å². The van der Waals surface area contributed by atoms with Gasteiger partial charge in [-0.1, -0.05) is 35.5 Å². The van der Waals surface area contributed by atoms with Crippen LogP contribution in [0.25, 0.3) is 22.6 Å². The monoisotopic (exact) mass is 469 g/mol. The number of amides is 1. The summed E-state index contributed by atoms with van der Waals surface area (Å²) >= 11 is 0. The number of rotatable bonds is 6. The highest BCUT2D eigenvalue weighted by Gasteiger charge is 2.28. The maximum absolute atomic E-state index is 13.2. The number of aryl methyl sites for hydroxylation is 1. The minimum Gasteiger partial charge on any atom is -0.497 e. The van der Waals surface area contributed by atoms with Crippen molar-refractivity contribution >= 4 is 40.2 Å². The molecule has 1 N–H and O–H groups in total. The van der Waals surface area contributed by atoms with Gasteiger partial charge in [-0.25, -0.2) is 9.78 Å². The second-order valence-corrected chi connectivity index (χ2v) is 8.22. The molecular weight excluding hydrogens is 446 g/mol. The fourth-order valence-electron chi connectivity index (χ4n) is 4.22. The van der Waals surface area contributed by atoms with Gasteiger partial charge in [0.05, 0.1) is 23.9 Å². The Hall–Kier alpha value is -4.46. The molecule has 0 radical (unpaired) electrons. The van der Waals surface area contributed by atoms with Crippen LogP contribution in [0.5, 0.6) is 5.75 Å². The predicted molar refractivity (Wildman–Crippen MR) is 131 cm³/mol. The quantitative estimate of drug-likeness (QED) is 0.404. The molecule has 0 atom stereocenters. The van der Waals surface area contributed by atoms with Crippen LogP contribution in [-0.4, -0.2) is 35.7 Å². The number of methoxy groups -OCH3 is 1. The number of hydrogen-bond acceptors (Lipinski definition) is 7. The first-order valence-corrected chi connectivity index (χ1v) is 11.2. The van der Waals surface area contributed by atoms with Crippen molar-refractivity contribution in [3.05, 3.63) is 82.7 Å². The van der Waals surface area contributed by atoms with Crippen molar-refractivity contribution in [3.8, 4) is 5.75 Å². The molecule has 2 aromatic heterocycles. The van der Waals surface area contributed by atoms with Gasteiger partial charge in [-0.3, -0.25) is 4.79 Å². The van der Waals surface area contributed by atoms with Crippen molar-refractivity contribution in [3.63, 3.8) is 0 Å². The lowest BCUT2D eigenvalue weighted by Gasteiger charge is -2.12. The lowest BCUT2D eigenvalue weighted by atomic mass is 10.0. The molecule has 8 heteroatoms. The average Bonchev–Trinajstić information content (AvgIpc) is 3.46. The number of allylic oxidation sites excluding steroid dienone is 1. The van der Waals surface area contributed by atoms with Gasteiger partial charge in [-0.15, -0.1) is 0 Å². The Balaban J connectivity index is 1.43. The van der Waals surface area contributed by atoms with Crippen LogP contribution in [-0.2, 0) is 16.0 Å². The van der Waals surface area contributed by atoms with Gasteiger partial charge < -0.3 is 19.3 Å². The maximum Gasteiger partial charge on any atom is 0.339 e. The molecule has 0 unspecified atom stereocenters. The van der Waals surface area contributed by atoms with Crippen LogP contribution in [0.15, 0.2) is 59.1 Å². The topological polar surface area (TPSA) is 104 Å². The number of nitrogens with one attached hydrogen (secondary N) is 1. The molecule has 0 saturated heterocycles. The van der Waals surface area contributed by atoms with Crippen LogP contribution in [0.2, 0.25) is 0 Å². The van der Waals surface area contributed by atoms with Crippen LogP contribution in [0.1, 0.15) is 39.4 Å². The number of esters is 1. The largest absolute Gasteiger partial charge is 0.497 e. The summed E-state index contributed by atoms with van der Waals surface area (Å²) in [4.78, 5) is 30.3. The normalized spacial score (nSPS) is 13.6. The first-order valence-electron chi connectivity index (χ1n) is 11.2. The van der Waals surface area contributed by atoms with Crippen molar-refractivity contribution in [2.45, 2.75) is 19.8 Å². The molecule has 0 bridgehead atoms. The SMILES string of the molecule is COc1ccc(/C=C2\CCc3c2nc2ccccc2c3C(=O)OCC(=O)Nc2cc(C)on2)cc1. The van der Waals surface area contributed by atoms with Crippen LogP contribution in [0.3, 0.4) is 0 Å². The molecule has 0 spiro atoms. The number of nitrogens with zero attached hydrogens (tertiary/aromatic N) is 2. The molecule has 0 aliphatic heterocycles. The van der Waals surface area contributed by atoms with E-state index in [0.29, 0.717) is 28.6 Å². The number of anilines is 1.